The smallest absolute Gasteiger partial charge is 0.332 e. The van der Waals surface area contributed by atoms with Crippen LogP contribution in [0.3, 0.4) is 0 Å². The van der Waals surface area contributed by atoms with E-state index in [0.29, 0.717) is 33.0 Å². The van der Waals surface area contributed by atoms with Crippen molar-refractivity contribution in [1.29, 1.82) is 0 Å². The summed E-state index contributed by atoms with van der Waals surface area (Å²) in [7, 11) is 1.56. The number of anilines is 1. The van der Waals surface area contributed by atoms with Crippen molar-refractivity contribution in [2.45, 2.75) is 13.1 Å². The van der Waals surface area contributed by atoms with E-state index in [2.05, 4.69) is 5.32 Å². The number of para-hydroxylation sites is 2. The molecule has 0 atom stereocenters. The molecule has 3 aromatic carbocycles. The van der Waals surface area contributed by atoms with E-state index in [4.69, 9.17) is 20.8 Å². The lowest BCUT2D eigenvalue weighted by Gasteiger charge is -2.13. The number of methoxy groups -OCH3 is 1. The van der Waals surface area contributed by atoms with Crippen LogP contribution in [0.15, 0.2) is 86.8 Å². The van der Waals surface area contributed by atoms with Crippen molar-refractivity contribution in [2.75, 3.05) is 12.4 Å². The van der Waals surface area contributed by atoms with Gasteiger partial charge in [-0.2, -0.15) is 0 Å². The number of nitrogens with zero attached hydrogens (tertiary/aromatic N) is 2. The summed E-state index contributed by atoms with van der Waals surface area (Å²) in [5, 5.41) is 3.67. The summed E-state index contributed by atoms with van der Waals surface area (Å²) in [5.74, 6) is 0.184. The molecule has 0 bridgehead atoms. The van der Waals surface area contributed by atoms with E-state index < -0.39 is 17.2 Å². The number of aromatic nitrogens is 2. The van der Waals surface area contributed by atoms with Crippen molar-refractivity contribution in [3.63, 3.8) is 0 Å². The Balaban J connectivity index is 1.64. The lowest BCUT2D eigenvalue weighted by atomic mass is 10.2. The maximum atomic E-state index is 13.6. The lowest BCUT2D eigenvalue weighted by molar-refractivity contribution is -0.116. The third kappa shape index (κ3) is 4.20. The topological polar surface area (TPSA) is 95.5 Å². The number of carbonyl (C=O) groups excluding carboxylic acids is 1. The highest BCUT2D eigenvalue weighted by molar-refractivity contribution is 6.33. The van der Waals surface area contributed by atoms with E-state index in [1.807, 2.05) is 0 Å². The minimum atomic E-state index is -0.626. The van der Waals surface area contributed by atoms with Crippen LogP contribution >= 0.6 is 11.6 Å². The molecule has 0 aliphatic carbocycles. The van der Waals surface area contributed by atoms with Gasteiger partial charge in [0, 0.05) is 5.39 Å². The van der Waals surface area contributed by atoms with Crippen LogP contribution in [0.4, 0.5) is 5.69 Å². The Bertz CT molecular complexity index is 1680. The number of amides is 1. The van der Waals surface area contributed by atoms with E-state index in [1.54, 1.807) is 79.9 Å². The Hall–Kier alpha value is -4.30. The molecule has 0 aliphatic heterocycles. The highest BCUT2D eigenvalue weighted by Gasteiger charge is 2.21. The van der Waals surface area contributed by atoms with E-state index in [0.717, 1.165) is 4.57 Å². The van der Waals surface area contributed by atoms with Crippen molar-refractivity contribution >= 4 is 45.3 Å². The number of ether oxygens (including phenoxy) is 1. The van der Waals surface area contributed by atoms with E-state index in [9.17, 15) is 14.4 Å². The summed E-state index contributed by atoms with van der Waals surface area (Å²) in [6.45, 7) is -0.340. The Kier molecular flexibility index (Phi) is 5.88. The molecule has 1 N–H and O–H groups in total. The molecule has 0 spiro atoms. The number of hydrogen-bond acceptors (Lipinski definition) is 5. The fraction of sp³-hybridized carbons (Fsp3) is 0.115. The fourth-order valence-corrected chi connectivity index (χ4v) is 4.17. The first-order chi connectivity index (χ1) is 17.0. The van der Waals surface area contributed by atoms with Gasteiger partial charge in [-0.25, -0.2) is 4.79 Å². The average molecular weight is 490 g/mol. The first kappa shape index (κ1) is 22.5. The second-order valence-corrected chi connectivity index (χ2v) is 8.32. The lowest BCUT2D eigenvalue weighted by Crippen LogP contribution is -2.41. The molecule has 0 saturated heterocycles. The molecule has 0 fully saturated rings. The van der Waals surface area contributed by atoms with Gasteiger partial charge in [-0.05, 0) is 42.0 Å². The second kappa shape index (κ2) is 9.15. The first-order valence-corrected chi connectivity index (χ1v) is 11.2. The maximum Gasteiger partial charge on any atom is 0.332 e. The van der Waals surface area contributed by atoms with Crippen LogP contribution in [-0.2, 0) is 17.9 Å². The zero-order chi connectivity index (χ0) is 24.5. The third-order valence-electron chi connectivity index (χ3n) is 5.69. The van der Waals surface area contributed by atoms with Gasteiger partial charge in [0.05, 0.1) is 24.4 Å². The number of furan rings is 1. The van der Waals surface area contributed by atoms with Crippen LogP contribution in [0.5, 0.6) is 5.75 Å². The third-order valence-corrected chi connectivity index (χ3v) is 6.02. The van der Waals surface area contributed by atoms with Crippen LogP contribution in [0.1, 0.15) is 5.56 Å². The standard InChI is InChI=1S/C26H20ClN3O5/c1-34-17-12-10-16(11-13-17)14-30-25(32)24-23(18-6-2-5-9-21(18)35-24)29(26(30)33)15-22(31)28-20-8-4-3-7-19(20)27/h2-13H,14-15H2,1H3,(H,28,31). The zero-order valence-electron chi connectivity index (χ0n) is 18.7. The quantitative estimate of drug-likeness (QED) is 0.384. The highest BCUT2D eigenvalue weighted by atomic mass is 35.5. The van der Waals surface area contributed by atoms with Gasteiger partial charge >= 0.3 is 5.69 Å². The molecule has 9 heteroatoms. The van der Waals surface area contributed by atoms with Crippen LogP contribution in [0.25, 0.3) is 22.1 Å². The van der Waals surface area contributed by atoms with Crippen molar-refractivity contribution in [1.82, 2.24) is 9.13 Å². The summed E-state index contributed by atoms with van der Waals surface area (Å²) >= 11 is 6.16. The molecule has 2 aromatic heterocycles. The number of halogens is 1. The SMILES string of the molecule is COc1ccc(Cn2c(=O)c3oc4ccccc4c3n(CC(=O)Nc3ccccc3Cl)c2=O)cc1. The summed E-state index contributed by atoms with van der Waals surface area (Å²) in [4.78, 5) is 39.9. The number of benzene rings is 3. The average Bonchev–Trinajstić information content (AvgIpc) is 3.26. The van der Waals surface area contributed by atoms with Gasteiger partial charge in [0.1, 0.15) is 23.4 Å². The first-order valence-electron chi connectivity index (χ1n) is 10.8. The summed E-state index contributed by atoms with van der Waals surface area (Å²) in [5.41, 5.74) is 0.667. The zero-order valence-corrected chi connectivity index (χ0v) is 19.4. The molecule has 8 nitrogen and oxygen atoms in total. The van der Waals surface area contributed by atoms with Crippen molar-refractivity contribution in [2.24, 2.45) is 0 Å². The Morgan fingerprint density at radius 1 is 0.971 bits per heavy atom. The minimum absolute atomic E-state index is 0.000772. The largest absolute Gasteiger partial charge is 0.497 e. The second-order valence-electron chi connectivity index (χ2n) is 7.91. The van der Waals surface area contributed by atoms with Gasteiger partial charge in [-0.15, -0.1) is 0 Å². The molecular weight excluding hydrogens is 470 g/mol. The molecule has 0 aliphatic rings. The molecule has 5 rings (SSSR count). The van der Waals surface area contributed by atoms with E-state index in [1.165, 1.54) is 4.57 Å². The molecule has 35 heavy (non-hydrogen) atoms. The Morgan fingerprint density at radius 3 is 2.43 bits per heavy atom. The van der Waals surface area contributed by atoms with Crippen LogP contribution < -0.4 is 21.3 Å². The van der Waals surface area contributed by atoms with Gasteiger partial charge in [0.25, 0.3) is 5.56 Å². The van der Waals surface area contributed by atoms with Crippen molar-refractivity contribution < 1.29 is 13.9 Å². The predicted molar refractivity (Wildman–Crippen MR) is 134 cm³/mol. The van der Waals surface area contributed by atoms with Gasteiger partial charge < -0.3 is 14.5 Å². The van der Waals surface area contributed by atoms with Crippen molar-refractivity contribution in [3.8, 4) is 5.75 Å². The number of rotatable bonds is 6. The Morgan fingerprint density at radius 2 is 1.69 bits per heavy atom. The number of hydrogen-bond donors (Lipinski definition) is 1. The fourth-order valence-electron chi connectivity index (χ4n) is 3.99. The minimum Gasteiger partial charge on any atom is -0.497 e. The van der Waals surface area contributed by atoms with Crippen LogP contribution in [0.2, 0.25) is 5.02 Å². The number of fused-ring (bicyclic) bond motifs is 3. The molecule has 1 amide bonds. The van der Waals surface area contributed by atoms with E-state index >= 15 is 0 Å². The van der Waals surface area contributed by atoms with Crippen LogP contribution in [-0.4, -0.2) is 22.2 Å². The maximum absolute atomic E-state index is 13.6. The summed E-state index contributed by atoms with van der Waals surface area (Å²) in [6, 6.07) is 20.8. The molecule has 0 unspecified atom stereocenters. The normalized spacial score (nSPS) is 11.1. The monoisotopic (exact) mass is 489 g/mol. The highest BCUT2D eigenvalue weighted by Crippen LogP contribution is 2.26. The van der Waals surface area contributed by atoms with Crippen LogP contribution in [0, 0.1) is 0 Å². The van der Waals surface area contributed by atoms with E-state index in [-0.39, 0.29) is 24.2 Å². The summed E-state index contributed by atoms with van der Waals surface area (Å²) in [6.07, 6.45) is 0. The molecular formula is C26H20ClN3O5. The number of carbonyl (C=O) groups is 1. The number of nitrogens with one attached hydrogen (secondary N) is 1. The van der Waals surface area contributed by atoms with Gasteiger partial charge in [-0.3, -0.25) is 18.7 Å². The molecule has 2 heterocycles. The molecule has 5 aromatic rings. The van der Waals surface area contributed by atoms with Crippen molar-refractivity contribution in [3.05, 3.63) is 104 Å². The predicted octanol–water partition coefficient (Wildman–Crippen LogP) is 4.26. The molecule has 0 saturated carbocycles. The van der Waals surface area contributed by atoms with Gasteiger partial charge in [-0.1, -0.05) is 48.0 Å². The Labute approximate surface area is 203 Å². The summed E-state index contributed by atoms with van der Waals surface area (Å²) < 4.78 is 13.3. The molecule has 176 valence electrons. The van der Waals surface area contributed by atoms with Gasteiger partial charge in [0.15, 0.2) is 0 Å². The molecule has 0 radical (unpaired) electrons. The van der Waals surface area contributed by atoms with Gasteiger partial charge in [0.2, 0.25) is 11.5 Å².